The number of hydrogen-bond donors (Lipinski definition) is 2. The van der Waals surface area contributed by atoms with Gasteiger partial charge in [-0.25, -0.2) is 0 Å². The van der Waals surface area contributed by atoms with Crippen LogP contribution in [0.25, 0.3) is 0 Å². The van der Waals surface area contributed by atoms with Gasteiger partial charge in [0.2, 0.25) is 5.91 Å². The summed E-state index contributed by atoms with van der Waals surface area (Å²) in [4.78, 5) is 13.6. The first-order valence-electron chi connectivity index (χ1n) is 7.90. The van der Waals surface area contributed by atoms with Gasteiger partial charge in [0, 0.05) is 19.2 Å². The average molecular weight is 289 g/mol. The summed E-state index contributed by atoms with van der Waals surface area (Å²) in [6.45, 7) is 5.86. The Kier molecular flexibility index (Phi) is 6.21. The van der Waals surface area contributed by atoms with Crippen LogP contribution in [0.3, 0.4) is 0 Å². The Morgan fingerprint density at radius 2 is 2.00 bits per heavy atom. The van der Waals surface area contributed by atoms with E-state index in [0.29, 0.717) is 0 Å². The molecule has 2 rings (SSSR count). The van der Waals surface area contributed by atoms with Crippen LogP contribution in [0.1, 0.15) is 31.7 Å². The lowest BCUT2D eigenvalue weighted by atomic mass is 9.94. The number of nitrogens with zero attached hydrogens (tertiary/aromatic N) is 1. The number of piperidine rings is 1. The summed E-state index contributed by atoms with van der Waals surface area (Å²) < 4.78 is 0. The van der Waals surface area contributed by atoms with E-state index in [1.807, 2.05) is 18.2 Å². The molecule has 0 saturated carbocycles. The minimum Gasteiger partial charge on any atom is -0.326 e. The van der Waals surface area contributed by atoms with Crippen molar-refractivity contribution in [2.75, 3.05) is 32.0 Å². The molecule has 116 valence electrons. The molecule has 4 nitrogen and oxygen atoms in total. The number of para-hydroxylation sites is 1. The number of anilines is 1. The van der Waals surface area contributed by atoms with Crippen LogP contribution in [0.15, 0.2) is 24.3 Å². The summed E-state index contributed by atoms with van der Waals surface area (Å²) in [6.07, 6.45) is 3.89. The number of hydrogen-bond acceptors (Lipinski definition) is 3. The van der Waals surface area contributed by atoms with E-state index >= 15 is 0 Å². The molecule has 0 unspecified atom stereocenters. The van der Waals surface area contributed by atoms with E-state index in [0.717, 1.165) is 30.3 Å². The summed E-state index contributed by atoms with van der Waals surface area (Å²) in [7, 11) is 2.20. The maximum atomic E-state index is 11.2. The number of carbonyl (C=O) groups excluding carboxylic acids is 1. The highest BCUT2D eigenvalue weighted by Crippen LogP contribution is 2.19. The molecule has 1 heterocycles. The zero-order valence-electron chi connectivity index (χ0n) is 13.2. The molecule has 0 atom stereocenters. The first kappa shape index (κ1) is 16.0. The quantitative estimate of drug-likeness (QED) is 0.791. The van der Waals surface area contributed by atoms with Crippen molar-refractivity contribution in [1.82, 2.24) is 10.2 Å². The van der Waals surface area contributed by atoms with Gasteiger partial charge in [0.15, 0.2) is 0 Å². The van der Waals surface area contributed by atoms with Crippen LogP contribution >= 0.6 is 0 Å². The highest BCUT2D eigenvalue weighted by Gasteiger charge is 2.15. The molecule has 1 fully saturated rings. The molecule has 0 radical (unpaired) electrons. The molecule has 0 spiro atoms. The standard InChI is InChI=1S/C17H27N3O/c1-14(21)19-17-6-4-3-5-16(17)13-18-10-7-15-8-11-20(2)12-9-15/h3-6,15,18H,7-13H2,1-2H3,(H,19,21). The monoisotopic (exact) mass is 289 g/mol. The maximum absolute atomic E-state index is 11.2. The fourth-order valence-electron chi connectivity index (χ4n) is 2.87. The van der Waals surface area contributed by atoms with Gasteiger partial charge in [0.05, 0.1) is 0 Å². The molecule has 2 N–H and O–H groups in total. The second-order valence-corrected chi connectivity index (χ2v) is 6.05. The van der Waals surface area contributed by atoms with Crippen molar-refractivity contribution in [2.24, 2.45) is 5.92 Å². The number of benzene rings is 1. The van der Waals surface area contributed by atoms with Crippen LogP contribution in [0.4, 0.5) is 5.69 Å². The molecular formula is C17H27N3O. The molecular weight excluding hydrogens is 262 g/mol. The zero-order valence-corrected chi connectivity index (χ0v) is 13.2. The van der Waals surface area contributed by atoms with E-state index in [4.69, 9.17) is 0 Å². The molecule has 1 amide bonds. The first-order chi connectivity index (χ1) is 10.1. The molecule has 0 aromatic heterocycles. The van der Waals surface area contributed by atoms with Crippen molar-refractivity contribution in [3.05, 3.63) is 29.8 Å². The van der Waals surface area contributed by atoms with Gasteiger partial charge in [-0.2, -0.15) is 0 Å². The van der Waals surface area contributed by atoms with Crippen LogP contribution in [-0.2, 0) is 11.3 Å². The minimum atomic E-state index is -0.0197. The Balaban J connectivity index is 1.72. The van der Waals surface area contributed by atoms with Gasteiger partial charge < -0.3 is 15.5 Å². The molecule has 1 aliphatic rings. The third-order valence-corrected chi connectivity index (χ3v) is 4.21. The van der Waals surface area contributed by atoms with Crippen molar-refractivity contribution in [3.63, 3.8) is 0 Å². The number of nitrogens with one attached hydrogen (secondary N) is 2. The normalized spacial score (nSPS) is 16.9. The van der Waals surface area contributed by atoms with E-state index in [-0.39, 0.29) is 5.91 Å². The van der Waals surface area contributed by atoms with Crippen LogP contribution in [0.2, 0.25) is 0 Å². The van der Waals surface area contributed by atoms with E-state index in [1.54, 1.807) is 6.92 Å². The largest absolute Gasteiger partial charge is 0.326 e. The van der Waals surface area contributed by atoms with Gasteiger partial charge >= 0.3 is 0 Å². The van der Waals surface area contributed by atoms with Gasteiger partial charge in [-0.15, -0.1) is 0 Å². The summed E-state index contributed by atoms with van der Waals surface area (Å²) in [5, 5.41) is 6.39. The molecule has 4 heteroatoms. The Labute approximate surface area is 127 Å². The average Bonchev–Trinajstić information content (AvgIpc) is 2.46. The predicted octanol–water partition coefficient (Wildman–Crippen LogP) is 2.47. The zero-order chi connectivity index (χ0) is 15.1. The Morgan fingerprint density at radius 1 is 1.29 bits per heavy atom. The van der Waals surface area contributed by atoms with Crippen molar-refractivity contribution >= 4 is 11.6 Å². The molecule has 0 aliphatic carbocycles. The van der Waals surface area contributed by atoms with Crippen molar-refractivity contribution in [3.8, 4) is 0 Å². The second-order valence-electron chi connectivity index (χ2n) is 6.05. The molecule has 21 heavy (non-hydrogen) atoms. The van der Waals surface area contributed by atoms with Gasteiger partial charge in [-0.3, -0.25) is 4.79 Å². The Hall–Kier alpha value is -1.39. The van der Waals surface area contributed by atoms with Crippen molar-refractivity contribution in [2.45, 2.75) is 32.7 Å². The van der Waals surface area contributed by atoms with E-state index in [1.165, 1.54) is 32.4 Å². The summed E-state index contributed by atoms with van der Waals surface area (Å²) in [6, 6.07) is 7.98. The SMILES string of the molecule is CC(=O)Nc1ccccc1CNCCC1CCN(C)CC1. The molecule has 1 aromatic carbocycles. The van der Waals surface area contributed by atoms with E-state index < -0.39 is 0 Å². The lowest BCUT2D eigenvalue weighted by Gasteiger charge is -2.28. The third-order valence-electron chi connectivity index (χ3n) is 4.21. The van der Waals surface area contributed by atoms with Gasteiger partial charge in [0.25, 0.3) is 0 Å². The van der Waals surface area contributed by atoms with E-state index in [2.05, 4.69) is 28.6 Å². The topological polar surface area (TPSA) is 44.4 Å². The highest BCUT2D eigenvalue weighted by molar-refractivity contribution is 5.89. The molecule has 1 aliphatic heterocycles. The predicted molar refractivity (Wildman–Crippen MR) is 87.3 cm³/mol. The van der Waals surface area contributed by atoms with Crippen LogP contribution in [-0.4, -0.2) is 37.5 Å². The van der Waals surface area contributed by atoms with Crippen molar-refractivity contribution in [1.29, 1.82) is 0 Å². The molecule has 1 saturated heterocycles. The lowest BCUT2D eigenvalue weighted by Crippen LogP contribution is -2.31. The summed E-state index contributed by atoms with van der Waals surface area (Å²) in [5.41, 5.74) is 2.06. The Morgan fingerprint density at radius 3 is 2.71 bits per heavy atom. The number of rotatable bonds is 6. The fourth-order valence-corrected chi connectivity index (χ4v) is 2.87. The Bertz CT molecular complexity index is 453. The van der Waals surface area contributed by atoms with Crippen molar-refractivity contribution < 1.29 is 4.79 Å². The van der Waals surface area contributed by atoms with Gasteiger partial charge in [0.1, 0.15) is 0 Å². The highest BCUT2D eigenvalue weighted by atomic mass is 16.1. The first-order valence-corrected chi connectivity index (χ1v) is 7.90. The summed E-state index contributed by atoms with van der Waals surface area (Å²) in [5.74, 6) is 0.841. The molecule has 0 bridgehead atoms. The number of amides is 1. The lowest BCUT2D eigenvalue weighted by molar-refractivity contribution is -0.114. The molecule has 1 aromatic rings. The third kappa shape index (κ3) is 5.48. The number of carbonyl (C=O) groups is 1. The van der Waals surface area contributed by atoms with E-state index in [9.17, 15) is 4.79 Å². The van der Waals surface area contributed by atoms with Gasteiger partial charge in [-0.1, -0.05) is 18.2 Å². The second kappa shape index (κ2) is 8.15. The van der Waals surface area contributed by atoms with Crippen LogP contribution in [0, 0.1) is 5.92 Å². The van der Waals surface area contributed by atoms with Crippen LogP contribution < -0.4 is 10.6 Å². The van der Waals surface area contributed by atoms with Gasteiger partial charge in [-0.05, 0) is 63.5 Å². The fraction of sp³-hybridized carbons (Fsp3) is 0.588. The number of likely N-dealkylation sites (tertiary alicyclic amines) is 1. The maximum Gasteiger partial charge on any atom is 0.221 e. The minimum absolute atomic E-state index is 0.0197. The van der Waals surface area contributed by atoms with Crippen LogP contribution in [0.5, 0.6) is 0 Å². The smallest absolute Gasteiger partial charge is 0.221 e. The summed E-state index contributed by atoms with van der Waals surface area (Å²) >= 11 is 0.